The lowest BCUT2D eigenvalue weighted by Gasteiger charge is -2.35. The first-order valence-corrected chi connectivity index (χ1v) is 15.8. The normalized spacial score (nSPS) is 22.6. The number of fused-ring (bicyclic) bond motifs is 1. The van der Waals surface area contributed by atoms with E-state index >= 15 is 0 Å². The summed E-state index contributed by atoms with van der Waals surface area (Å²) in [7, 11) is 1.74. The fourth-order valence-electron chi connectivity index (χ4n) is 4.57. The van der Waals surface area contributed by atoms with Gasteiger partial charge in [0, 0.05) is 52.4 Å². The summed E-state index contributed by atoms with van der Waals surface area (Å²) in [4.78, 5) is 17.6. The predicted octanol–water partition coefficient (Wildman–Crippen LogP) is 3.93. The maximum Gasteiger partial charge on any atom is 0.258 e. The lowest BCUT2D eigenvalue weighted by atomic mass is 10.0. The highest BCUT2D eigenvalue weighted by Crippen LogP contribution is 2.29. The molecule has 0 fully saturated rings. The molecule has 1 aromatic heterocycles. The molecule has 4 atom stereocenters. The summed E-state index contributed by atoms with van der Waals surface area (Å²) in [5, 5.41) is 11.8. The smallest absolute Gasteiger partial charge is 0.258 e. The van der Waals surface area contributed by atoms with Gasteiger partial charge in [0.2, 0.25) is 0 Å². The number of hydrogen-bond donors (Lipinski definition) is 1. The summed E-state index contributed by atoms with van der Waals surface area (Å²) < 4.78 is 40.4. The summed E-state index contributed by atoms with van der Waals surface area (Å²) in [5.41, 5.74) is 1.30. The van der Waals surface area contributed by atoms with Crippen molar-refractivity contribution in [1.82, 2.24) is 9.21 Å². The first-order valence-electron chi connectivity index (χ1n) is 13.5. The van der Waals surface area contributed by atoms with Gasteiger partial charge in [-0.05, 0) is 62.8 Å². The molecular weight excluding hydrogens is 538 g/mol. The molecule has 0 saturated heterocycles. The van der Waals surface area contributed by atoms with Crippen LogP contribution in [0.15, 0.2) is 39.9 Å². The molecule has 0 aliphatic carbocycles. The zero-order valence-corrected chi connectivity index (χ0v) is 25.5. The number of hydrogen-bond acceptors (Lipinski definition) is 8. The van der Waals surface area contributed by atoms with Crippen LogP contribution < -0.4 is 9.64 Å². The van der Waals surface area contributed by atoms with Crippen LogP contribution in [0.5, 0.6) is 5.75 Å². The Morgan fingerprint density at radius 1 is 1.18 bits per heavy atom. The van der Waals surface area contributed by atoms with Crippen molar-refractivity contribution >= 4 is 33.0 Å². The van der Waals surface area contributed by atoms with Crippen molar-refractivity contribution in [3.8, 4) is 5.75 Å². The van der Waals surface area contributed by atoms with E-state index in [2.05, 4.69) is 0 Å². The SMILES string of the molecule is C[C@@H]1CCCCO[C@@H](CN(C)S(=O)(=O)c2cccs2)[C@H](C)CN([C@@H](C)CO)C(=O)c2cc(N(C)C)ccc2O1. The number of sulfonamides is 1. The molecule has 39 heavy (non-hydrogen) atoms. The second-order valence-corrected chi connectivity index (χ2v) is 13.8. The second kappa shape index (κ2) is 13.9. The zero-order valence-electron chi connectivity index (χ0n) is 23.9. The van der Waals surface area contributed by atoms with Gasteiger partial charge in [0.15, 0.2) is 0 Å². The van der Waals surface area contributed by atoms with Gasteiger partial charge >= 0.3 is 0 Å². The summed E-state index contributed by atoms with van der Waals surface area (Å²) >= 11 is 1.18. The van der Waals surface area contributed by atoms with Crippen LogP contribution >= 0.6 is 11.3 Å². The van der Waals surface area contributed by atoms with Crippen LogP contribution in [-0.2, 0) is 14.8 Å². The Morgan fingerprint density at radius 2 is 1.92 bits per heavy atom. The van der Waals surface area contributed by atoms with Gasteiger partial charge in [-0.2, -0.15) is 4.31 Å². The lowest BCUT2D eigenvalue weighted by molar-refractivity contribution is -0.00832. The number of ether oxygens (including phenoxy) is 2. The predicted molar refractivity (Wildman–Crippen MR) is 155 cm³/mol. The quantitative estimate of drug-likeness (QED) is 0.529. The van der Waals surface area contributed by atoms with Crippen molar-refractivity contribution in [3.63, 3.8) is 0 Å². The minimum Gasteiger partial charge on any atom is -0.490 e. The first-order chi connectivity index (χ1) is 18.4. The number of anilines is 1. The third-order valence-corrected chi connectivity index (χ3v) is 10.3. The molecule has 0 radical (unpaired) electrons. The van der Waals surface area contributed by atoms with Crippen molar-refractivity contribution in [2.75, 3.05) is 52.3 Å². The Labute approximate surface area is 237 Å². The topological polar surface area (TPSA) is 99.6 Å². The van der Waals surface area contributed by atoms with Gasteiger partial charge in [0.25, 0.3) is 15.9 Å². The first kappa shape index (κ1) is 31.3. The molecule has 2 heterocycles. The molecule has 1 aromatic carbocycles. The summed E-state index contributed by atoms with van der Waals surface area (Å²) in [5.74, 6) is 0.0596. The van der Waals surface area contributed by atoms with Crippen LogP contribution in [0.2, 0.25) is 0 Å². The van der Waals surface area contributed by atoms with E-state index in [0.29, 0.717) is 17.9 Å². The zero-order chi connectivity index (χ0) is 28.7. The minimum atomic E-state index is -3.65. The Balaban J connectivity index is 1.96. The largest absolute Gasteiger partial charge is 0.490 e. The molecule has 1 aliphatic rings. The van der Waals surface area contributed by atoms with Crippen LogP contribution in [0.3, 0.4) is 0 Å². The van der Waals surface area contributed by atoms with Gasteiger partial charge in [0.1, 0.15) is 9.96 Å². The van der Waals surface area contributed by atoms with E-state index in [4.69, 9.17) is 9.47 Å². The van der Waals surface area contributed by atoms with Crippen molar-refractivity contribution in [1.29, 1.82) is 0 Å². The van der Waals surface area contributed by atoms with Crippen LogP contribution in [-0.4, -0.2) is 94.3 Å². The Kier molecular flexibility index (Phi) is 11.2. The molecule has 3 rings (SSSR count). The number of aliphatic hydroxyl groups is 1. The number of amides is 1. The Hall–Kier alpha value is -2.18. The molecule has 0 spiro atoms. The van der Waals surface area contributed by atoms with Crippen molar-refractivity contribution in [3.05, 3.63) is 41.3 Å². The Morgan fingerprint density at radius 3 is 2.56 bits per heavy atom. The monoisotopic (exact) mass is 581 g/mol. The van der Waals surface area contributed by atoms with Crippen molar-refractivity contribution in [2.45, 2.75) is 62.5 Å². The Bertz CT molecular complexity index is 1170. The van der Waals surface area contributed by atoms with Gasteiger partial charge in [-0.1, -0.05) is 13.0 Å². The van der Waals surface area contributed by atoms with Gasteiger partial charge < -0.3 is 24.4 Å². The van der Waals surface area contributed by atoms with E-state index in [1.54, 1.807) is 36.4 Å². The summed E-state index contributed by atoms with van der Waals surface area (Å²) in [6.45, 7) is 6.44. The number of likely N-dealkylation sites (N-methyl/N-ethyl adjacent to an activating group) is 1. The third-order valence-electron chi connectivity index (χ3n) is 7.15. The number of carbonyl (C=O) groups excluding carboxylic acids is 1. The van der Waals surface area contributed by atoms with Gasteiger partial charge in [-0.15, -0.1) is 11.3 Å². The van der Waals surface area contributed by atoms with E-state index < -0.39 is 22.2 Å². The number of benzene rings is 1. The standard InChI is InChI=1S/C28H43N3O6S2/c1-20-17-31(21(2)19-32)28(33)24-16-23(29(4)5)12-13-25(24)37-22(3)10-7-8-14-36-26(20)18-30(6)39(34,35)27-11-9-15-38-27/h9,11-13,15-16,20-22,26,32H,7-8,10,14,17-19H2,1-6H3/t20-,21+,22-,26+/m1/s1. The van der Waals surface area contributed by atoms with Crippen LogP contribution in [0.25, 0.3) is 0 Å². The molecule has 2 aromatic rings. The fourth-order valence-corrected chi connectivity index (χ4v) is 6.95. The highest BCUT2D eigenvalue weighted by molar-refractivity contribution is 7.91. The molecule has 0 unspecified atom stereocenters. The van der Waals surface area contributed by atoms with E-state index in [-0.39, 0.29) is 41.8 Å². The van der Waals surface area contributed by atoms with E-state index in [9.17, 15) is 18.3 Å². The number of aliphatic hydroxyl groups excluding tert-OH is 1. The lowest BCUT2D eigenvalue weighted by Crippen LogP contribution is -2.48. The number of nitrogens with zero attached hydrogens (tertiary/aromatic N) is 3. The maximum atomic E-state index is 14.0. The molecule has 11 heteroatoms. The molecule has 1 amide bonds. The van der Waals surface area contributed by atoms with Gasteiger partial charge in [-0.25, -0.2) is 8.42 Å². The third kappa shape index (κ3) is 7.94. The molecule has 1 aliphatic heterocycles. The second-order valence-electron chi connectivity index (χ2n) is 10.6. The molecule has 218 valence electrons. The molecule has 0 saturated carbocycles. The van der Waals surface area contributed by atoms with Crippen molar-refractivity contribution in [2.24, 2.45) is 5.92 Å². The van der Waals surface area contributed by atoms with Crippen molar-refractivity contribution < 1.29 is 27.8 Å². The summed E-state index contributed by atoms with van der Waals surface area (Å²) in [6, 6.07) is 8.45. The van der Waals surface area contributed by atoms with E-state index in [1.165, 1.54) is 15.6 Å². The highest BCUT2D eigenvalue weighted by Gasteiger charge is 2.32. The molecule has 9 nitrogen and oxygen atoms in total. The van der Waals surface area contributed by atoms with Gasteiger partial charge in [0.05, 0.1) is 30.4 Å². The van der Waals surface area contributed by atoms with Crippen LogP contribution in [0.4, 0.5) is 5.69 Å². The van der Waals surface area contributed by atoms with E-state index in [0.717, 1.165) is 24.9 Å². The van der Waals surface area contributed by atoms with Gasteiger partial charge in [-0.3, -0.25) is 4.79 Å². The number of thiophene rings is 1. The highest BCUT2D eigenvalue weighted by atomic mass is 32.2. The van der Waals surface area contributed by atoms with Crippen LogP contribution in [0.1, 0.15) is 50.4 Å². The number of carbonyl (C=O) groups is 1. The average molecular weight is 582 g/mol. The molecule has 0 bridgehead atoms. The van der Waals surface area contributed by atoms with E-state index in [1.807, 2.05) is 51.0 Å². The minimum absolute atomic E-state index is 0.106. The number of rotatable bonds is 7. The molecular formula is C28H43N3O6S2. The summed E-state index contributed by atoms with van der Waals surface area (Å²) in [6.07, 6.45) is 1.91. The fraction of sp³-hybridized carbons (Fsp3) is 0.607. The maximum absolute atomic E-state index is 14.0. The van der Waals surface area contributed by atoms with Crippen LogP contribution in [0, 0.1) is 5.92 Å². The average Bonchev–Trinajstić information content (AvgIpc) is 3.45. The molecule has 1 N–H and O–H groups in total.